The van der Waals surface area contributed by atoms with E-state index in [9.17, 15) is 9.90 Å². The van der Waals surface area contributed by atoms with Gasteiger partial charge >= 0.3 is 6.03 Å². The average molecular weight is 272 g/mol. The molecule has 0 aliphatic carbocycles. The number of aliphatic hydroxyl groups excluding tert-OH is 1. The predicted molar refractivity (Wildman–Crippen MR) is 75.1 cm³/mol. The molecule has 0 saturated carbocycles. The molecule has 2 amide bonds. The van der Waals surface area contributed by atoms with Crippen molar-refractivity contribution in [1.29, 1.82) is 0 Å². The van der Waals surface area contributed by atoms with Crippen molar-refractivity contribution in [3.63, 3.8) is 0 Å². The highest BCUT2D eigenvalue weighted by molar-refractivity contribution is 5.74. The molecule has 5 heteroatoms. The first-order chi connectivity index (χ1) is 9.04. The summed E-state index contributed by atoms with van der Waals surface area (Å²) in [7, 11) is 0. The van der Waals surface area contributed by atoms with E-state index in [1.54, 1.807) is 4.90 Å². The Morgan fingerprint density at radius 3 is 2.84 bits per heavy atom. The van der Waals surface area contributed by atoms with Gasteiger partial charge in [0.1, 0.15) is 0 Å². The summed E-state index contributed by atoms with van der Waals surface area (Å²) in [4.78, 5) is 13.6. The van der Waals surface area contributed by atoms with Crippen molar-refractivity contribution in [1.82, 2.24) is 10.2 Å². The summed E-state index contributed by atoms with van der Waals surface area (Å²) in [5.41, 5.74) is 0. The van der Waals surface area contributed by atoms with Crippen molar-refractivity contribution in [3.8, 4) is 0 Å². The number of urea groups is 1. The number of amides is 2. The molecule has 112 valence electrons. The Labute approximate surface area is 116 Å². The van der Waals surface area contributed by atoms with Gasteiger partial charge in [0.15, 0.2) is 0 Å². The van der Waals surface area contributed by atoms with Crippen LogP contribution in [0.4, 0.5) is 4.79 Å². The summed E-state index contributed by atoms with van der Waals surface area (Å²) >= 11 is 0. The number of carbonyl (C=O) groups excluding carboxylic acids is 1. The first kappa shape index (κ1) is 16.2. The number of rotatable bonds is 6. The standard InChI is InChI=1S/C14H28N2O3/c1-4-19-13(11(2)3)7-8-15-14(18)16-9-5-6-12(17)10-16/h11-13,17H,4-10H2,1-3H3,(H,15,18)/t12-,13-/m0/s1. The van der Waals surface area contributed by atoms with Crippen LogP contribution in [0.1, 0.15) is 40.0 Å². The predicted octanol–water partition coefficient (Wildman–Crippen LogP) is 1.60. The van der Waals surface area contributed by atoms with Crippen LogP contribution in [0.25, 0.3) is 0 Å². The zero-order chi connectivity index (χ0) is 14.3. The van der Waals surface area contributed by atoms with Gasteiger partial charge in [0.05, 0.1) is 12.2 Å². The molecule has 0 radical (unpaired) electrons. The lowest BCUT2D eigenvalue weighted by Gasteiger charge is -2.30. The highest BCUT2D eigenvalue weighted by Gasteiger charge is 2.22. The van der Waals surface area contributed by atoms with Crippen LogP contribution in [0.2, 0.25) is 0 Å². The Bertz CT molecular complexity index is 271. The van der Waals surface area contributed by atoms with Crippen LogP contribution in [0.5, 0.6) is 0 Å². The molecule has 1 fully saturated rings. The molecule has 1 rings (SSSR count). The fourth-order valence-electron chi connectivity index (χ4n) is 2.40. The number of piperidine rings is 1. The number of hydrogen-bond donors (Lipinski definition) is 2. The molecule has 1 heterocycles. The molecular formula is C14H28N2O3. The van der Waals surface area contributed by atoms with E-state index in [4.69, 9.17) is 4.74 Å². The SMILES string of the molecule is CCO[C@@H](CCNC(=O)N1CCC[C@H](O)C1)C(C)C. The molecule has 0 aromatic heterocycles. The molecule has 1 saturated heterocycles. The molecule has 0 bridgehead atoms. The van der Waals surface area contributed by atoms with Crippen molar-refractivity contribution < 1.29 is 14.6 Å². The number of ether oxygens (including phenoxy) is 1. The minimum Gasteiger partial charge on any atom is -0.391 e. The summed E-state index contributed by atoms with van der Waals surface area (Å²) in [6, 6.07) is -0.0715. The maximum atomic E-state index is 11.9. The van der Waals surface area contributed by atoms with Crippen LogP contribution < -0.4 is 5.32 Å². The van der Waals surface area contributed by atoms with E-state index in [2.05, 4.69) is 19.2 Å². The molecule has 5 nitrogen and oxygen atoms in total. The van der Waals surface area contributed by atoms with Gasteiger partial charge in [0.25, 0.3) is 0 Å². The van der Waals surface area contributed by atoms with E-state index in [0.29, 0.717) is 25.6 Å². The largest absolute Gasteiger partial charge is 0.391 e. The second kappa shape index (κ2) is 8.38. The lowest BCUT2D eigenvalue weighted by atomic mass is 10.0. The van der Waals surface area contributed by atoms with Crippen molar-refractivity contribution in [2.45, 2.75) is 52.2 Å². The van der Waals surface area contributed by atoms with Gasteiger partial charge in [-0.3, -0.25) is 0 Å². The van der Waals surface area contributed by atoms with Crippen LogP contribution in [0.3, 0.4) is 0 Å². The van der Waals surface area contributed by atoms with E-state index in [0.717, 1.165) is 25.8 Å². The third kappa shape index (κ3) is 5.78. The molecule has 1 aliphatic rings. The number of likely N-dealkylation sites (tertiary alicyclic amines) is 1. The fourth-order valence-corrected chi connectivity index (χ4v) is 2.40. The molecule has 0 spiro atoms. The molecule has 0 aromatic rings. The highest BCUT2D eigenvalue weighted by atomic mass is 16.5. The third-order valence-corrected chi connectivity index (χ3v) is 3.51. The lowest BCUT2D eigenvalue weighted by Crippen LogP contribution is -2.47. The minimum atomic E-state index is -0.369. The quantitative estimate of drug-likeness (QED) is 0.772. The normalized spacial score (nSPS) is 21.5. The Morgan fingerprint density at radius 2 is 2.26 bits per heavy atom. The van der Waals surface area contributed by atoms with Gasteiger partial charge in [0, 0.05) is 26.2 Å². The minimum absolute atomic E-state index is 0.0715. The number of hydrogen-bond acceptors (Lipinski definition) is 3. The van der Waals surface area contributed by atoms with E-state index in [1.165, 1.54) is 0 Å². The topological polar surface area (TPSA) is 61.8 Å². The fraction of sp³-hybridized carbons (Fsp3) is 0.929. The Morgan fingerprint density at radius 1 is 1.53 bits per heavy atom. The van der Waals surface area contributed by atoms with Gasteiger partial charge in [-0.05, 0) is 32.1 Å². The van der Waals surface area contributed by atoms with E-state index in [-0.39, 0.29) is 18.2 Å². The Kier molecular flexibility index (Phi) is 7.16. The zero-order valence-corrected chi connectivity index (χ0v) is 12.4. The van der Waals surface area contributed by atoms with E-state index in [1.807, 2.05) is 6.92 Å². The molecule has 1 aliphatic heterocycles. The van der Waals surface area contributed by atoms with Crippen molar-refractivity contribution in [2.24, 2.45) is 5.92 Å². The number of nitrogens with zero attached hydrogens (tertiary/aromatic N) is 1. The molecular weight excluding hydrogens is 244 g/mol. The lowest BCUT2D eigenvalue weighted by molar-refractivity contribution is 0.0250. The van der Waals surface area contributed by atoms with Crippen LogP contribution >= 0.6 is 0 Å². The van der Waals surface area contributed by atoms with Crippen LogP contribution in [-0.4, -0.2) is 54.5 Å². The number of β-amino-alcohol motifs (C(OH)–C–C–N with tert-alkyl or cyclic N) is 1. The van der Waals surface area contributed by atoms with Gasteiger partial charge < -0.3 is 20.1 Å². The van der Waals surface area contributed by atoms with Gasteiger partial charge in [0.2, 0.25) is 0 Å². The smallest absolute Gasteiger partial charge is 0.317 e. The molecule has 2 N–H and O–H groups in total. The van der Waals surface area contributed by atoms with E-state index >= 15 is 0 Å². The van der Waals surface area contributed by atoms with Gasteiger partial charge in [-0.15, -0.1) is 0 Å². The van der Waals surface area contributed by atoms with Crippen LogP contribution in [0, 0.1) is 5.92 Å². The summed E-state index contributed by atoms with van der Waals surface area (Å²) in [6.07, 6.45) is 2.32. The zero-order valence-electron chi connectivity index (χ0n) is 12.4. The van der Waals surface area contributed by atoms with Crippen molar-refractivity contribution in [3.05, 3.63) is 0 Å². The summed E-state index contributed by atoms with van der Waals surface area (Å²) in [5, 5.41) is 12.5. The second-order valence-corrected chi connectivity index (χ2v) is 5.50. The first-order valence-electron chi connectivity index (χ1n) is 7.37. The highest BCUT2D eigenvalue weighted by Crippen LogP contribution is 2.11. The number of nitrogens with one attached hydrogen (secondary N) is 1. The Balaban J connectivity index is 2.25. The van der Waals surface area contributed by atoms with Crippen molar-refractivity contribution >= 4 is 6.03 Å². The monoisotopic (exact) mass is 272 g/mol. The van der Waals surface area contributed by atoms with Gasteiger partial charge in [-0.1, -0.05) is 13.8 Å². The number of carbonyl (C=O) groups is 1. The van der Waals surface area contributed by atoms with Gasteiger partial charge in [-0.2, -0.15) is 0 Å². The maximum Gasteiger partial charge on any atom is 0.317 e. The van der Waals surface area contributed by atoms with Crippen molar-refractivity contribution in [2.75, 3.05) is 26.2 Å². The molecule has 2 atom stereocenters. The van der Waals surface area contributed by atoms with Crippen LogP contribution in [0.15, 0.2) is 0 Å². The summed E-state index contributed by atoms with van der Waals surface area (Å²) in [5.74, 6) is 0.452. The third-order valence-electron chi connectivity index (χ3n) is 3.51. The Hall–Kier alpha value is -0.810. The molecule has 19 heavy (non-hydrogen) atoms. The van der Waals surface area contributed by atoms with Gasteiger partial charge in [-0.25, -0.2) is 4.79 Å². The average Bonchev–Trinajstić information content (AvgIpc) is 2.37. The number of aliphatic hydroxyl groups is 1. The maximum absolute atomic E-state index is 11.9. The summed E-state index contributed by atoms with van der Waals surface area (Å²) in [6.45, 7) is 8.76. The first-order valence-corrected chi connectivity index (χ1v) is 7.37. The van der Waals surface area contributed by atoms with Crippen LogP contribution in [-0.2, 0) is 4.74 Å². The van der Waals surface area contributed by atoms with E-state index < -0.39 is 0 Å². The molecule has 0 aromatic carbocycles. The second-order valence-electron chi connectivity index (χ2n) is 5.50. The molecule has 0 unspecified atom stereocenters. The summed E-state index contributed by atoms with van der Waals surface area (Å²) < 4.78 is 5.64.